The lowest BCUT2D eigenvalue weighted by Gasteiger charge is -1.97. The molecule has 0 fully saturated rings. The molecule has 0 heterocycles. The average Bonchev–Trinajstić information content (AvgIpc) is 1.85. The number of hydrogen-bond acceptors (Lipinski definition) is 2. The zero-order valence-electron chi connectivity index (χ0n) is 6.26. The zero-order valence-corrected chi connectivity index (χ0v) is 7.02. The van der Waals surface area contributed by atoms with Gasteiger partial charge in [-0.15, -0.1) is 0 Å². The van der Waals surface area contributed by atoms with Crippen LogP contribution in [-0.4, -0.2) is 13.0 Å². The van der Waals surface area contributed by atoms with Gasteiger partial charge in [0.05, 0.1) is 0 Å². The molecule has 0 aromatic carbocycles. The van der Waals surface area contributed by atoms with Crippen molar-refractivity contribution >= 4 is 17.6 Å². The van der Waals surface area contributed by atoms with Crippen molar-refractivity contribution in [3.8, 4) is 0 Å². The maximum absolute atomic E-state index is 5.42. The second-order valence-corrected chi connectivity index (χ2v) is 2.25. The Morgan fingerprint density at radius 2 is 2.18 bits per heavy atom. The summed E-state index contributed by atoms with van der Waals surface area (Å²) in [7, 11) is 1.64. The highest BCUT2D eigenvalue weighted by Gasteiger charge is 1.88. The Hall–Kier alpha value is -1.16. The molecule has 0 unspecified atom stereocenters. The van der Waals surface area contributed by atoms with E-state index >= 15 is 0 Å². The summed E-state index contributed by atoms with van der Waals surface area (Å²) in [5.41, 5.74) is 10.7. The van der Waals surface area contributed by atoms with E-state index in [1.165, 1.54) is 6.08 Å². The van der Waals surface area contributed by atoms with Crippen LogP contribution in [0.25, 0.3) is 0 Å². The van der Waals surface area contributed by atoms with E-state index in [1.54, 1.807) is 7.05 Å². The van der Waals surface area contributed by atoms with Crippen molar-refractivity contribution in [2.45, 2.75) is 0 Å². The quantitative estimate of drug-likeness (QED) is 0.315. The molecule has 0 amide bonds. The van der Waals surface area contributed by atoms with Crippen LogP contribution in [0.1, 0.15) is 0 Å². The van der Waals surface area contributed by atoms with E-state index in [0.29, 0.717) is 5.03 Å². The molecule has 62 valence electrons. The molecule has 0 aromatic heterocycles. The Morgan fingerprint density at radius 3 is 2.55 bits per heavy atom. The summed E-state index contributed by atoms with van der Waals surface area (Å²) in [5, 5.41) is 2.92. The van der Waals surface area contributed by atoms with Crippen molar-refractivity contribution in [2.24, 2.45) is 16.5 Å². The molecular formula is C6H11ClN4. The Kier molecular flexibility index (Phi) is 4.14. The van der Waals surface area contributed by atoms with Crippen LogP contribution >= 0.6 is 11.6 Å². The summed E-state index contributed by atoms with van der Waals surface area (Å²) in [6, 6.07) is 0. The highest BCUT2D eigenvalue weighted by atomic mass is 35.5. The van der Waals surface area contributed by atoms with E-state index in [-0.39, 0.29) is 11.8 Å². The molecule has 11 heavy (non-hydrogen) atoms. The van der Waals surface area contributed by atoms with Crippen LogP contribution in [0.5, 0.6) is 0 Å². The average molecular weight is 175 g/mol. The maximum Gasteiger partial charge on any atom is 0.194 e. The molecule has 0 rings (SSSR count). The van der Waals surface area contributed by atoms with Crippen molar-refractivity contribution in [1.29, 1.82) is 0 Å². The third-order valence-electron chi connectivity index (χ3n) is 0.810. The number of nitrogens with two attached hydrogens (primary N) is 2. The Labute approximate surface area is 70.6 Å². The summed E-state index contributed by atoms with van der Waals surface area (Å²) < 4.78 is 0. The number of guanidine groups is 1. The topological polar surface area (TPSA) is 76.4 Å². The van der Waals surface area contributed by atoms with Crippen LogP contribution in [0.2, 0.25) is 0 Å². The molecule has 0 saturated heterocycles. The SMILES string of the molecule is C=C(Cl)/C=C(N)\N=C(/N)NC. The first-order chi connectivity index (χ1) is 5.06. The minimum atomic E-state index is 0.219. The molecule has 0 radical (unpaired) electrons. The molecule has 0 bridgehead atoms. The predicted molar refractivity (Wildman–Crippen MR) is 47.9 cm³/mol. The number of nitrogens with zero attached hydrogens (tertiary/aromatic N) is 1. The van der Waals surface area contributed by atoms with Crippen molar-refractivity contribution in [1.82, 2.24) is 5.32 Å². The summed E-state index contributed by atoms with van der Waals surface area (Å²) >= 11 is 5.42. The fraction of sp³-hybridized carbons (Fsp3) is 0.167. The van der Waals surface area contributed by atoms with Gasteiger partial charge in [0.1, 0.15) is 5.82 Å². The first kappa shape index (κ1) is 9.84. The fourth-order valence-electron chi connectivity index (χ4n) is 0.388. The van der Waals surface area contributed by atoms with E-state index < -0.39 is 0 Å². The van der Waals surface area contributed by atoms with Gasteiger partial charge < -0.3 is 16.8 Å². The first-order valence-corrected chi connectivity index (χ1v) is 3.27. The molecule has 4 nitrogen and oxygen atoms in total. The zero-order chi connectivity index (χ0) is 8.85. The van der Waals surface area contributed by atoms with Gasteiger partial charge in [0, 0.05) is 12.1 Å². The number of allylic oxidation sites excluding steroid dienone is 2. The van der Waals surface area contributed by atoms with E-state index in [0.717, 1.165) is 0 Å². The van der Waals surface area contributed by atoms with Gasteiger partial charge in [-0.05, 0) is 6.08 Å². The molecule has 5 N–H and O–H groups in total. The lowest BCUT2D eigenvalue weighted by molar-refractivity contribution is 1.10. The molecule has 5 heteroatoms. The fourth-order valence-corrected chi connectivity index (χ4v) is 0.500. The monoisotopic (exact) mass is 174 g/mol. The van der Waals surface area contributed by atoms with Gasteiger partial charge in [0.15, 0.2) is 5.96 Å². The van der Waals surface area contributed by atoms with Crippen LogP contribution in [0.3, 0.4) is 0 Å². The summed E-state index contributed by atoms with van der Waals surface area (Å²) in [6.07, 6.45) is 1.41. The van der Waals surface area contributed by atoms with Crippen LogP contribution in [0.4, 0.5) is 0 Å². The van der Waals surface area contributed by atoms with Crippen LogP contribution in [0, 0.1) is 0 Å². The number of aliphatic imine (C=N–C) groups is 1. The molecule has 0 aliphatic rings. The van der Waals surface area contributed by atoms with Crippen molar-refractivity contribution in [3.05, 3.63) is 23.5 Å². The van der Waals surface area contributed by atoms with E-state index in [2.05, 4.69) is 16.9 Å². The highest BCUT2D eigenvalue weighted by Crippen LogP contribution is 2.00. The van der Waals surface area contributed by atoms with Gasteiger partial charge in [0.25, 0.3) is 0 Å². The van der Waals surface area contributed by atoms with E-state index in [1.807, 2.05) is 0 Å². The predicted octanol–water partition coefficient (Wildman–Crippen LogP) is 0.0731. The molecule has 0 aliphatic heterocycles. The number of halogens is 1. The summed E-state index contributed by atoms with van der Waals surface area (Å²) in [4.78, 5) is 3.71. The number of nitrogens with one attached hydrogen (secondary N) is 1. The van der Waals surface area contributed by atoms with Gasteiger partial charge >= 0.3 is 0 Å². The third kappa shape index (κ3) is 5.29. The van der Waals surface area contributed by atoms with Crippen LogP contribution in [-0.2, 0) is 0 Å². The highest BCUT2D eigenvalue weighted by molar-refractivity contribution is 6.30. The Bertz CT molecular complexity index is 207. The molecule has 0 spiro atoms. The second kappa shape index (κ2) is 4.62. The summed E-state index contributed by atoms with van der Waals surface area (Å²) in [5.74, 6) is 0.452. The minimum Gasteiger partial charge on any atom is -0.384 e. The second-order valence-electron chi connectivity index (χ2n) is 1.76. The largest absolute Gasteiger partial charge is 0.384 e. The smallest absolute Gasteiger partial charge is 0.194 e. The standard InChI is InChI=1S/C6H11ClN4/c1-4(7)3-5(8)11-6(9)10-2/h3H,1,8H2,2H3,(H3,9,10,11)/b5-3-. The molecule has 0 saturated carbocycles. The van der Waals surface area contributed by atoms with Gasteiger partial charge in [-0.1, -0.05) is 18.2 Å². The lowest BCUT2D eigenvalue weighted by atomic mass is 10.5. The molecular weight excluding hydrogens is 164 g/mol. The van der Waals surface area contributed by atoms with E-state index in [9.17, 15) is 0 Å². The van der Waals surface area contributed by atoms with Gasteiger partial charge in [-0.25, -0.2) is 0 Å². The van der Waals surface area contributed by atoms with Crippen LogP contribution in [0.15, 0.2) is 28.5 Å². The lowest BCUT2D eigenvalue weighted by Crippen LogP contribution is -2.28. The minimum absolute atomic E-state index is 0.219. The van der Waals surface area contributed by atoms with E-state index in [4.69, 9.17) is 23.1 Å². The van der Waals surface area contributed by atoms with Gasteiger partial charge in [-0.3, -0.25) is 0 Å². The number of rotatable bonds is 2. The van der Waals surface area contributed by atoms with Gasteiger partial charge in [-0.2, -0.15) is 4.99 Å². The van der Waals surface area contributed by atoms with Crippen LogP contribution < -0.4 is 16.8 Å². The first-order valence-electron chi connectivity index (χ1n) is 2.89. The van der Waals surface area contributed by atoms with Gasteiger partial charge in [0.2, 0.25) is 0 Å². The molecule has 0 aliphatic carbocycles. The van der Waals surface area contributed by atoms with Crippen molar-refractivity contribution in [3.63, 3.8) is 0 Å². The maximum atomic E-state index is 5.42. The molecule has 0 aromatic rings. The summed E-state index contributed by atoms with van der Waals surface area (Å²) in [6.45, 7) is 3.41. The van der Waals surface area contributed by atoms with Crippen molar-refractivity contribution in [2.75, 3.05) is 7.05 Å². The molecule has 0 atom stereocenters. The van der Waals surface area contributed by atoms with Crippen molar-refractivity contribution < 1.29 is 0 Å². The number of hydrogen-bond donors (Lipinski definition) is 3. The third-order valence-corrected chi connectivity index (χ3v) is 0.919. The Morgan fingerprint density at radius 1 is 1.64 bits per heavy atom. The Balaban J connectivity index is 4.26. The normalized spacial score (nSPS) is 12.9.